The Morgan fingerprint density at radius 2 is 1.62 bits per heavy atom. The van der Waals surface area contributed by atoms with E-state index >= 15 is 0 Å². The molecule has 1 saturated heterocycles. The molecule has 52 heavy (non-hydrogen) atoms. The number of ether oxygens (including phenoxy) is 1. The SMILES string of the molecule is CCC(C)C(C(CC(=O)N1CCCC1CCC(=O)NC(CSC(C)(C)C)c1ccccc1)OC)N(C)C(=O)C(NC(=O)C(C(C)C)N(C)C)C(C)C. The number of likely N-dealkylation sites (tertiary alicyclic amines) is 1. The highest BCUT2D eigenvalue weighted by atomic mass is 32.2. The van der Waals surface area contributed by atoms with Gasteiger partial charge in [-0.1, -0.05) is 99.1 Å². The predicted molar refractivity (Wildman–Crippen MR) is 214 cm³/mol. The molecule has 2 rings (SSSR count). The number of thioether (sulfide) groups is 1. The minimum absolute atomic E-state index is 0.00787. The normalized spacial score (nSPS) is 18.5. The van der Waals surface area contributed by atoms with Crippen LogP contribution in [0.15, 0.2) is 30.3 Å². The summed E-state index contributed by atoms with van der Waals surface area (Å²) in [6.07, 6.45) is 3.04. The average Bonchev–Trinajstić information content (AvgIpc) is 3.55. The Kier molecular flexibility index (Phi) is 18.7. The van der Waals surface area contributed by atoms with Gasteiger partial charge in [0, 0.05) is 43.7 Å². The third-order valence-corrected chi connectivity index (χ3v) is 11.8. The molecule has 0 radical (unpaired) electrons. The molecule has 11 heteroatoms. The van der Waals surface area contributed by atoms with Crippen LogP contribution in [0.1, 0.15) is 112 Å². The number of benzene rings is 1. The number of hydrogen-bond acceptors (Lipinski definition) is 7. The summed E-state index contributed by atoms with van der Waals surface area (Å²) in [7, 11) is 7.11. The van der Waals surface area contributed by atoms with Gasteiger partial charge in [-0.05, 0) is 56.7 Å². The summed E-state index contributed by atoms with van der Waals surface area (Å²) >= 11 is 1.83. The lowest BCUT2D eigenvalue weighted by Crippen LogP contribution is -2.59. The van der Waals surface area contributed by atoms with E-state index in [-0.39, 0.29) is 76.7 Å². The van der Waals surface area contributed by atoms with Gasteiger partial charge in [-0.25, -0.2) is 0 Å². The van der Waals surface area contributed by atoms with Crippen LogP contribution in [0.4, 0.5) is 0 Å². The van der Waals surface area contributed by atoms with Gasteiger partial charge in [-0.15, -0.1) is 0 Å². The number of methoxy groups -OCH3 is 1. The summed E-state index contributed by atoms with van der Waals surface area (Å²) in [5, 5.41) is 6.32. The van der Waals surface area contributed by atoms with Crippen molar-refractivity contribution in [1.82, 2.24) is 25.3 Å². The Morgan fingerprint density at radius 1 is 0.981 bits per heavy atom. The molecule has 296 valence electrons. The van der Waals surface area contributed by atoms with Gasteiger partial charge in [0.2, 0.25) is 23.6 Å². The van der Waals surface area contributed by atoms with Crippen molar-refractivity contribution in [2.75, 3.05) is 40.6 Å². The first-order valence-electron chi connectivity index (χ1n) is 19.4. The highest BCUT2D eigenvalue weighted by Crippen LogP contribution is 2.30. The van der Waals surface area contributed by atoms with Crippen LogP contribution >= 0.6 is 11.8 Å². The molecule has 0 aromatic heterocycles. The smallest absolute Gasteiger partial charge is 0.245 e. The lowest BCUT2D eigenvalue weighted by molar-refractivity contribution is -0.146. The van der Waals surface area contributed by atoms with E-state index in [1.54, 1.807) is 19.1 Å². The first-order valence-corrected chi connectivity index (χ1v) is 20.3. The minimum Gasteiger partial charge on any atom is -0.379 e. The third kappa shape index (κ3) is 13.7. The molecule has 1 fully saturated rings. The highest BCUT2D eigenvalue weighted by Gasteiger charge is 2.40. The molecule has 7 atom stereocenters. The van der Waals surface area contributed by atoms with E-state index in [2.05, 4.69) is 57.4 Å². The molecule has 1 heterocycles. The third-order valence-electron chi connectivity index (χ3n) is 10.4. The van der Waals surface area contributed by atoms with Gasteiger partial charge in [0.15, 0.2) is 0 Å². The molecule has 0 saturated carbocycles. The van der Waals surface area contributed by atoms with Crippen LogP contribution in [0.5, 0.6) is 0 Å². The summed E-state index contributed by atoms with van der Waals surface area (Å²) in [4.78, 5) is 60.4. The van der Waals surface area contributed by atoms with Crippen molar-refractivity contribution in [3.05, 3.63) is 35.9 Å². The van der Waals surface area contributed by atoms with Crippen LogP contribution in [-0.4, -0.2) is 114 Å². The van der Waals surface area contributed by atoms with Gasteiger partial charge in [0.05, 0.1) is 30.7 Å². The van der Waals surface area contributed by atoms with Crippen LogP contribution in [0.2, 0.25) is 0 Å². The number of carbonyl (C=O) groups excluding carboxylic acids is 4. The van der Waals surface area contributed by atoms with Gasteiger partial charge in [0.25, 0.3) is 0 Å². The minimum atomic E-state index is -0.721. The number of rotatable bonds is 20. The second-order valence-electron chi connectivity index (χ2n) is 16.6. The zero-order valence-corrected chi connectivity index (χ0v) is 35.3. The number of nitrogens with zero attached hydrogens (tertiary/aromatic N) is 3. The molecule has 10 nitrogen and oxygen atoms in total. The Hall–Kier alpha value is -2.63. The largest absolute Gasteiger partial charge is 0.379 e. The van der Waals surface area contributed by atoms with Crippen LogP contribution in [-0.2, 0) is 23.9 Å². The molecular weight excluding hydrogens is 675 g/mol. The van der Waals surface area contributed by atoms with E-state index in [1.807, 2.05) is 81.6 Å². The second kappa shape index (κ2) is 21.3. The predicted octanol–water partition coefficient (Wildman–Crippen LogP) is 6.15. The van der Waals surface area contributed by atoms with E-state index in [0.29, 0.717) is 19.4 Å². The number of carbonyl (C=O) groups is 4. The van der Waals surface area contributed by atoms with Crippen molar-refractivity contribution >= 4 is 35.4 Å². The maximum atomic E-state index is 14.2. The van der Waals surface area contributed by atoms with E-state index in [1.165, 1.54) is 0 Å². The molecule has 0 spiro atoms. The summed E-state index contributed by atoms with van der Waals surface area (Å²) in [6.45, 7) is 19.2. The summed E-state index contributed by atoms with van der Waals surface area (Å²) in [5.41, 5.74) is 1.09. The van der Waals surface area contributed by atoms with Gasteiger partial charge < -0.3 is 25.2 Å². The van der Waals surface area contributed by atoms with Gasteiger partial charge in [-0.2, -0.15) is 11.8 Å². The number of amides is 4. The van der Waals surface area contributed by atoms with Crippen molar-refractivity contribution in [3.63, 3.8) is 0 Å². The Labute approximate surface area is 319 Å². The molecular formula is C41H71N5O5S. The lowest BCUT2D eigenvalue weighted by Gasteiger charge is -2.40. The topological polar surface area (TPSA) is 111 Å². The molecule has 7 unspecified atom stereocenters. The quantitative estimate of drug-likeness (QED) is 0.165. The number of hydrogen-bond donors (Lipinski definition) is 2. The van der Waals surface area contributed by atoms with E-state index in [0.717, 1.165) is 30.6 Å². The molecule has 1 aliphatic rings. The molecule has 0 bridgehead atoms. The average molecular weight is 746 g/mol. The van der Waals surface area contributed by atoms with Gasteiger partial charge >= 0.3 is 0 Å². The Balaban J connectivity index is 2.16. The van der Waals surface area contributed by atoms with Crippen molar-refractivity contribution in [2.24, 2.45) is 17.8 Å². The summed E-state index contributed by atoms with van der Waals surface area (Å²) in [6, 6.07) is 8.51. The fourth-order valence-electron chi connectivity index (χ4n) is 7.39. The van der Waals surface area contributed by atoms with Crippen molar-refractivity contribution < 1.29 is 23.9 Å². The zero-order chi connectivity index (χ0) is 39.3. The number of nitrogens with one attached hydrogen (secondary N) is 2. The standard InChI is InChI=1S/C41H71N5O5S/c1-14-29(6)38(45(12)40(50)36(27(2)3)43-39(49)37(28(4)5)44(10)11)33(51-13)25-35(48)46-24-18-21-31(46)22-23-34(47)42-32(26-52-41(7,8)9)30-19-16-15-17-20-30/h15-17,19-20,27-29,31-33,36-38H,14,18,21-26H2,1-13H3,(H,42,47)(H,43,49). The maximum Gasteiger partial charge on any atom is 0.245 e. The number of likely N-dealkylation sites (N-methyl/N-ethyl adjacent to an activating group) is 2. The highest BCUT2D eigenvalue weighted by molar-refractivity contribution is 8.00. The molecule has 1 aromatic carbocycles. The molecule has 2 N–H and O–H groups in total. The first-order chi connectivity index (χ1) is 24.3. The maximum absolute atomic E-state index is 14.2. The first kappa shape index (κ1) is 45.5. The van der Waals surface area contributed by atoms with E-state index < -0.39 is 12.1 Å². The molecule has 4 amide bonds. The van der Waals surface area contributed by atoms with E-state index in [9.17, 15) is 19.2 Å². The summed E-state index contributed by atoms with van der Waals surface area (Å²) < 4.78 is 6.10. The fourth-order valence-corrected chi connectivity index (χ4v) is 8.33. The molecule has 1 aliphatic heterocycles. The van der Waals surface area contributed by atoms with Crippen LogP contribution in [0.3, 0.4) is 0 Å². The monoisotopic (exact) mass is 746 g/mol. The van der Waals surface area contributed by atoms with Crippen molar-refractivity contribution in [1.29, 1.82) is 0 Å². The Bertz CT molecular complexity index is 1260. The van der Waals surface area contributed by atoms with Crippen molar-refractivity contribution in [3.8, 4) is 0 Å². The zero-order valence-electron chi connectivity index (χ0n) is 34.5. The van der Waals surface area contributed by atoms with Crippen LogP contribution in [0, 0.1) is 17.8 Å². The van der Waals surface area contributed by atoms with Crippen LogP contribution in [0.25, 0.3) is 0 Å². The van der Waals surface area contributed by atoms with Gasteiger partial charge in [0.1, 0.15) is 6.04 Å². The van der Waals surface area contributed by atoms with Gasteiger partial charge in [-0.3, -0.25) is 24.1 Å². The lowest BCUT2D eigenvalue weighted by atomic mass is 9.89. The van der Waals surface area contributed by atoms with E-state index in [4.69, 9.17) is 4.74 Å². The second-order valence-corrected chi connectivity index (χ2v) is 18.4. The summed E-state index contributed by atoms with van der Waals surface area (Å²) in [5.74, 6) is 0.345. The molecule has 1 aromatic rings. The van der Waals surface area contributed by atoms with Crippen LogP contribution < -0.4 is 10.6 Å². The molecule has 0 aliphatic carbocycles. The fraction of sp³-hybridized carbons (Fsp3) is 0.756. The Morgan fingerprint density at radius 3 is 2.13 bits per heavy atom. The van der Waals surface area contributed by atoms with Crippen molar-refractivity contribution in [2.45, 2.75) is 142 Å².